The van der Waals surface area contributed by atoms with Crippen LogP contribution in [0.2, 0.25) is 0 Å². The summed E-state index contributed by atoms with van der Waals surface area (Å²) < 4.78 is 13.2. The van der Waals surface area contributed by atoms with E-state index in [-0.39, 0.29) is 5.82 Å². The Morgan fingerprint density at radius 1 is 0.957 bits per heavy atom. The lowest BCUT2D eigenvalue weighted by atomic mass is 9.87. The Morgan fingerprint density at radius 3 is 2.22 bits per heavy atom. The van der Waals surface area contributed by atoms with Crippen LogP contribution in [0, 0.1) is 17.7 Å². The van der Waals surface area contributed by atoms with Crippen LogP contribution in [0.5, 0.6) is 0 Å². The first kappa shape index (κ1) is 15.7. The molecule has 2 aromatic rings. The Labute approximate surface area is 136 Å². The Hall–Kier alpha value is -2.15. The van der Waals surface area contributed by atoms with Gasteiger partial charge in [-0.05, 0) is 38.1 Å². The second-order valence-corrected chi connectivity index (χ2v) is 5.87. The lowest BCUT2D eigenvalue weighted by molar-refractivity contribution is 0.145. The number of rotatable bonds is 3. The molecule has 1 fully saturated rings. The minimum Gasteiger partial charge on any atom is -0.369 e. The summed E-state index contributed by atoms with van der Waals surface area (Å²) in [6.07, 6.45) is 2.42. The molecule has 1 aliphatic rings. The molecule has 118 valence electrons. The van der Waals surface area contributed by atoms with E-state index >= 15 is 0 Å². The summed E-state index contributed by atoms with van der Waals surface area (Å²) in [5.41, 5.74) is -0.145. The SMILES string of the molecule is OC(C#CCN1CCCC1)(c1ccccc1)c1ccc(F)cc1. The van der Waals surface area contributed by atoms with Crippen LogP contribution in [0.3, 0.4) is 0 Å². The zero-order valence-electron chi connectivity index (χ0n) is 13.0. The van der Waals surface area contributed by atoms with Gasteiger partial charge in [0.25, 0.3) is 0 Å². The van der Waals surface area contributed by atoms with Crippen molar-refractivity contribution in [2.45, 2.75) is 18.4 Å². The zero-order valence-corrected chi connectivity index (χ0v) is 13.0. The van der Waals surface area contributed by atoms with Gasteiger partial charge in [0.15, 0.2) is 5.60 Å². The molecule has 1 N–H and O–H groups in total. The average molecular weight is 309 g/mol. The van der Waals surface area contributed by atoms with Crippen LogP contribution in [-0.2, 0) is 5.60 Å². The molecule has 2 aromatic carbocycles. The zero-order chi connectivity index (χ0) is 16.1. The van der Waals surface area contributed by atoms with Crippen molar-refractivity contribution in [2.75, 3.05) is 19.6 Å². The fraction of sp³-hybridized carbons (Fsp3) is 0.300. The first-order valence-electron chi connectivity index (χ1n) is 7.95. The largest absolute Gasteiger partial charge is 0.369 e. The van der Waals surface area contributed by atoms with Crippen LogP contribution in [-0.4, -0.2) is 29.6 Å². The van der Waals surface area contributed by atoms with Crippen LogP contribution in [0.15, 0.2) is 54.6 Å². The maximum atomic E-state index is 13.2. The molecule has 0 amide bonds. The van der Waals surface area contributed by atoms with Gasteiger partial charge in [0.1, 0.15) is 5.82 Å². The van der Waals surface area contributed by atoms with E-state index in [1.54, 1.807) is 12.1 Å². The van der Waals surface area contributed by atoms with Gasteiger partial charge < -0.3 is 5.11 Å². The first-order chi connectivity index (χ1) is 11.2. The van der Waals surface area contributed by atoms with Crippen molar-refractivity contribution in [2.24, 2.45) is 0 Å². The molecule has 3 heteroatoms. The standard InChI is InChI=1S/C20H20FNO/c21-19-11-9-18(10-12-19)20(23,17-7-2-1-3-8-17)13-6-16-22-14-4-5-15-22/h1-3,7-12,23H,4-5,14-16H2. The second-order valence-electron chi connectivity index (χ2n) is 5.87. The van der Waals surface area contributed by atoms with Gasteiger partial charge in [-0.2, -0.15) is 0 Å². The maximum Gasteiger partial charge on any atom is 0.176 e. The Morgan fingerprint density at radius 2 is 1.57 bits per heavy atom. The summed E-state index contributed by atoms with van der Waals surface area (Å²) in [5, 5.41) is 11.2. The first-order valence-corrected chi connectivity index (χ1v) is 7.95. The van der Waals surface area contributed by atoms with Crippen molar-refractivity contribution in [1.29, 1.82) is 0 Å². The highest BCUT2D eigenvalue weighted by Crippen LogP contribution is 2.29. The molecule has 0 saturated carbocycles. The molecule has 1 saturated heterocycles. The Balaban J connectivity index is 1.93. The molecule has 0 aliphatic carbocycles. The van der Waals surface area contributed by atoms with Crippen LogP contribution in [0.4, 0.5) is 4.39 Å². The van der Waals surface area contributed by atoms with E-state index in [9.17, 15) is 9.50 Å². The van der Waals surface area contributed by atoms with Gasteiger partial charge in [0, 0.05) is 11.1 Å². The van der Waals surface area contributed by atoms with E-state index in [1.165, 1.54) is 25.0 Å². The monoisotopic (exact) mass is 309 g/mol. The number of hydrogen-bond donors (Lipinski definition) is 1. The number of benzene rings is 2. The molecule has 1 atom stereocenters. The summed E-state index contributed by atoms with van der Waals surface area (Å²) in [6, 6.07) is 15.2. The molecule has 1 unspecified atom stereocenters. The maximum absolute atomic E-state index is 13.2. The fourth-order valence-corrected chi connectivity index (χ4v) is 2.90. The third-order valence-corrected chi connectivity index (χ3v) is 4.22. The van der Waals surface area contributed by atoms with Crippen LogP contribution >= 0.6 is 0 Å². The summed E-state index contributed by atoms with van der Waals surface area (Å²) in [6.45, 7) is 2.78. The number of nitrogens with zero attached hydrogens (tertiary/aromatic N) is 1. The van der Waals surface area contributed by atoms with Gasteiger partial charge in [-0.3, -0.25) is 4.90 Å². The minimum absolute atomic E-state index is 0.325. The number of aliphatic hydroxyl groups is 1. The van der Waals surface area contributed by atoms with Gasteiger partial charge in [-0.15, -0.1) is 0 Å². The van der Waals surface area contributed by atoms with Crippen molar-refractivity contribution in [3.8, 4) is 11.8 Å². The van der Waals surface area contributed by atoms with E-state index < -0.39 is 5.60 Å². The van der Waals surface area contributed by atoms with E-state index in [0.29, 0.717) is 17.7 Å². The van der Waals surface area contributed by atoms with E-state index in [1.807, 2.05) is 30.3 Å². The smallest absolute Gasteiger partial charge is 0.176 e. The lowest BCUT2D eigenvalue weighted by Gasteiger charge is -2.23. The van der Waals surface area contributed by atoms with Gasteiger partial charge in [-0.1, -0.05) is 54.3 Å². The molecule has 23 heavy (non-hydrogen) atoms. The quantitative estimate of drug-likeness (QED) is 0.881. The number of hydrogen-bond acceptors (Lipinski definition) is 2. The molecular formula is C20H20FNO. The Kier molecular flexibility index (Phi) is 4.76. The van der Waals surface area contributed by atoms with Crippen molar-refractivity contribution in [3.05, 3.63) is 71.5 Å². The number of likely N-dealkylation sites (tertiary alicyclic amines) is 1. The lowest BCUT2D eigenvalue weighted by Crippen LogP contribution is -2.26. The number of halogens is 1. The van der Waals surface area contributed by atoms with Crippen molar-refractivity contribution in [1.82, 2.24) is 4.90 Å². The van der Waals surface area contributed by atoms with Gasteiger partial charge in [-0.25, -0.2) is 4.39 Å². The molecule has 0 radical (unpaired) electrons. The van der Waals surface area contributed by atoms with Crippen LogP contribution in [0.1, 0.15) is 24.0 Å². The predicted molar refractivity (Wildman–Crippen MR) is 89.3 cm³/mol. The van der Waals surface area contributed by atoms with Crippen LogP contribution < -0.4 is 0 Å². The van der Waals surface area contributed by atoms with Gasteiger partial charge >= 0.3 is 0 Å². The summed E-state index contributed by atoms with van der Waals surface area (Å²) in [4.78, 5) is 2.28. The van der Waals surface area contributed by atoms with E-state index in [0.717, 1.165) is 13.1 Å². The van der Waals surface area contributed by atoms with Crippen molar-refractivity contribution in [3.63, 3.8) is 0 Å². The highest BCUT2D eigenvalue weighted by Gasteiger charge is 2.29. The second kappa shape index (κ2) is 6.95. The molecule has 0 spiro atoms. The molecule has 2 nitrogen and oxygen atoms in total. The van der Waals surface area contributed by atoms with Crippen LogP contribution in [0.25, 0.3) is 0 Å². The highest BCUT2D eigenvalue weighted by atomic mass is 19.1. The van der Waals surface area contributed by atoms with Crippen molar-refractivity contribution >= 4 is 0 Å². The normalized spacial score (nSPS) is 17.3. The predicted octanol–water partition coefficient (Wildman–Crippen LogP) is 3.16. The van der Waals surface area contributed by atoms with Gasteiger partial charge in [0.05, 0.1) is 6.54 Å². The average Bonchev–Trinajstić information content (AvgIpc) is 3.09. The molecule has 1 aliphatic heterocycles. The highest BCUT2D eigenvalue weighted by molar-refractivity contribution is 5.44. The van der Waals surface area contributed by atoms with E-state index in [2.05, 4.69) is 16.7 Å². The fourth-order valence-electron chi connectivity index (χ4n) is 2.90. The van der Waals surface area contributed by atoms with E-state index in [4.69, 9.17) is 0 Å². The minimum atomic E-state index is -1.42. The summed E-state index contributed by atoms with van der Waals surface area (Å²) in [5.74, 6) is 5.80. The summed E-state index contributed by atoms with van der Waals surface area (Å²) in [7, 11) is 0. The molecular weight excluding hydrogens is 289 g/mol. The van der Waals surface area contributed by atoms with Gasteiger partial charge in [0.2, 0.25) is 0 Å². The summed E-state index contributed by atoms with van der Waals surface area (Å²) >= 11 is 0. The molecule has 1 heterocycles. The van der Waals surface area contributed by atoms with Crippen molar-refractivity contribution < 1.29 is 9.50 Å². The molecule has 0 bridgehead atoms. The molecule has 3 rings (SSSR count). The third kappa shape index (κ3) is 3.61. The molecule has 0 aromatic heterocycles. The third-order valence-electron chi connectivity index (χ3n) is 4.22. The topological polar surface area (TPSA) is 23.5 Å². The Bertz CT molecular complexity index is 696.